The molecule has 1 amide bonds. The van der Waals surface area contributed by atoms with E-state index in [2.05, 4.69) is 16.9 Å². The van der Waals surface area contributed by atoms with Crippen LogP contribution in [-0.4, -0.2) is 62.2 Å². The van der Waals surface area contributed by atoms with E-state index in [0.717, 1.165) is 72.2 Å². The van der Waals surface area contributed by atoms with Gasteiger partial charge in [0.2, 0.25) is 5.91 Å². The number of aryl methyl sites for hydroxylation is 3. The van der Waals surface area contributed by atoms with Crippen molar-refractivity contribution in [2.45, 2.75) is 65.0 Å². The Kier molecular flexibility index (Phi) is 5.92. The van der Waals surface area contributed by atoms with Crippen LogP contribution in [0.15, 0.2) is 6.07 Å². The number of hydrogen-bond donors (Lipinski definition) is 0. The van der Waals surface area contributed by atoms with E-state index in [1.807, 2.05) is 36.2 Å². The fourth-order valence-corrected chi connectivity index (χ4v) is 5.63. The van der Waals surface area contributed by atoms with Crippen molar-refractivity contribution >= 4 is 23.3 Å². The summed E-state index contributed by atoms with van der Waals surface area (Å²) in [6.07, 6.45) is 4.72. The zero-order valence-electron chi connectivity index (χ0n) is 17.1. The smallest absolute Gasteiger partial charge is 0.223 e. The van der Waals surface area contributed by atoms with Crippen LogP contribution in [0.25, 0.3) is 5.65 Å². The quantitative estimate of drug-likeness (QED) is 0.743. The molecule has 2 fully saturated rings. The maximum absolute atomic E-state index is 13.2. The van der Waals surface area contributed by atoms with E-state index in [0.29, 0.717) is 18.9 Å². The number of carbonyl (C=O) groups is 1. The molecule has 0 aliphatic carbocycles. The second kappa shape index (κ2) is 8.41. The van der Waals surface area contributed by atoms with Gasteiger partial charge >= 0.3 is 0 Å². The predicted octanol–water partition coefficient (Wildman–Crippen LogP) is 3.10. The van der Waals surface area contributed by atoms with Crippen molar-refractivity contribution in [1.29, 1.82) is 0 Å². The van der Waals surface area contributed by atoms with E-state index in [4.69, 9.17) is 9.72 Å². The van der Waals surface area contributed by atoms with E-state index in [1.165, 1.54) is 0 Å². The molecule has 2 aliphatic rings. The van der Waals surface area contributed by atoms with Crippen LogP contribution in [0.4, 0.5) is 0 Å². The fourth-order valence-electron chi connectivity index (χ4n) is 4.41. The highest BCUT2D eigenvalue weighted by Gasteiger charge is 2.30. The molecule has 0 spiro atoms. The van der Waals surface area contributed by atoms with Gasteiger partial charge in [0.05, 0.1) is 11.8 Å². The SMILES string of the molecule is Cc1cc2nc(C)c(CCC(=O)N(CC3CCCO3)C3CCSC3)c(C)n2n1. The van der Waals surface area contributed by atoms with Crippen molar-refractivity contribution < 1.29 is 9.53 Å². The van der Waals surface area contributed by atoms with Crippen LogP contribution < -0.4 is 0 Å². The van der Waals surface area contributed by atoms with Gasteiger partial charge in [-0.2, -0.15) is 16.9 Å². The lowest BCUT2D eigenvalue weighted by molar-refractivity contribution is -0.134. The van der Waals surface area contributed by atoms with Gasteiger partial charge in [-0.15, -0.1) is 0 Å². The van der Waals surface area contributed by atoms with Crippen LogP contribution in [0.1, 0.15) is 48.3 Å². The van der Waals surface area contributed by atoms with Gasteiger partial charge in [-0.1, -0.05) is 0 Å². The van der Waals surface area contributed by atoms with E-state index >= 15 is 0 Å². The third-order valence-corrected chi connectivity index (χ3v) is 7.11. The van der Waals surface area contributed by atoms with Gasteiger partial charge in [-0.25, -0.2) is 9.50 Å². The lowest BCUT2D eigenvalue weighted by Crippen LogP contribution is -2.44. The minimum absolute atomic E-state index is 0.211. The lowest BCUT2D eigenvalue weighted by Gasteiger charge is -2.31. The highest BCUT2D eigenvalue weighted by Crippen LogP contribution is 2.26. The van der Waals surface area contributed by atoms with Gasteiger partial charge in [0.15, 0.2) is 5.65 Å². The van der Waals surface area contributed by atoms with Crippen molar-refractivity contribution in [2.75, 3.05) is 24.7 Å². The summed E-state index contributed by atoms with van der Waals surface area (Å²) in [6.45, 7) is 7.67. The van der Waals surface area contributed by atoms with E-state index in [1.54, 1.807) is 0 Å². The van der Waals surface area contributed by atoms with Crippen LogP contribution >= 0.6 is 11.8 Å². The Balaban J connectivity index is 1.48. The molecule has 4 heterocycles. The third-order valence-electron chi connectivity index (χ3n) is 5.97. The summed E-state index contributed by atoms with van der Waals surface area (Å²) >= 11 is 1.95. The number of ether oxygens (including phenoxy) is 1. The van der Waals surface area contributed by atoms with Crippen LogP contribution in [0, 0.1) is 20.8 Å². The van der Waals surface area contributed by atoms with Crippen molar-refractivity contribution in [3.05, 3.63) is 28.7 Å². The summed E-state index contributed by atoms with van der Waals surface area (Å²) in [7, 11) is 0. The Hall–Kier alpha value is -1.60. The first-order valence-electron chi connectivity index (χ1n) is 10.3. The summed E-state index contributed by atoms with van der Waals surface area (Å²) in [5, 5.41) is 4.55. The number of hydrogen-bond acceptors (Lipinski definition) is 5. The minimum Gasteiger partial charge on any atom is -0.376 e. The van der Waals surface area contributed by atoms with Crippen molar-refractivity contribution in [3.8, 4) is 0 Å². The van der Waals surface area contributed by atoms with E-state index in [9.17, 15) is 4.79 Å². The van der Waals surface area contributed by atoms with Gasteiger partial charge in [0.25, 0.3) is 0 Å². The van der Waals surface area contributed by atoms with Crippen molar-refractivity contribution in [3.63, 3.8) is 0 Å². The molecule has 2 aromatic heterocycles. The van der Waals surface area contributed by atoms with Crippen molar-refractivity contribution in [2.24, 2.45) is 0 Å². The third kappa shape index (κ3) is 4.06. The minimum atomic E-state index is 0.211. The molecule has 6 nitrogen and oxygen atoms in total. The van der Waals surface area contributed by atoms with Gasteiger partial charge in [-0.05, 0) is 57.8 Å². The Morgan fingerprint density at radius 1 is 1.36 bits per heavy atom. The molecule has 0 saturated carbocycles. The number of nitrogens with zero attached hydrogens (tertiary/aromatic N) is 4. The topological polar surface area (TPSA) is 59.7 Å². The maximum Gasteiger partial charge on any atom is 0.223 e. The monoisotopic (exact) mass is 402 g/mol. The summed E-state index contributed by atoms with van der Waals surface area (Å²) in [6, 6.07) is 2.36. The first kappa shape index (κ1) is 19.7. The molecule has 0 N–H and O–H groups in total. The Bertz CT molecular complexity index is 854. The number of carbonyl (C=O) groups excluding carboxylic acids is 1. The molecule has 2 unspecified atom stereocenters. The number of thioether (sulfide) groups is 1. The average molecular weight is 403 g/mol. The van der Waals surface area contributed by atoms with Crippen LogP contribution in [0.5, 0.6) is 0 Å². The second-order valence-corrected chi connectivity index (χ2v) is 9.17. The van der Waals surface area contributed by atoms with E-state index in [-0.39, 0.29) is 12.0 Å². The standard InChI is InChI=1S/C21H30N4O2S/c1-14-11-20-22-15(2)19(16(3)25(20)23-14)6-7-21(26)24(17-8-10-28-13-17)12-18-5-4-9-27-18/h11,17-18H,4-10,12-13H2,1-3H3. The first-order valence-corrected chi connectivity index (χ1v) is 11.5. The number of amides is 1. The molecule has 0 aromatic carbocycles. The molecule has 2 aromatic rings. The molecular weight excluding hydrogens is 372 g/mol. The molecule has 0 radical (unpaired) electrons. The Morgan fingerprint density at radius 2 is 2.21 bits per heavy atom. The summed E-state index contributed by atoms with van der Waals surface area (Å²) < 4.78 is 7.73. The first-order chi connectivity index (χ1) is 13.5. The summed E-state index contributed by atoms with van der Waals surface area (Å²) in [5.74, 6) is 2.45. The van der Waals surface area contributed by atoms with Crippen LogP contribution in [-0.2, 0) is 16.0 Å². The molecular formula is C21H30N4O2S. The largest absolute Gasteiger partial charge is 0.376 e. The Labute approximate surface area is 171 Å². The lowest BCUT2D eigenvalue weighted by atomic mass is 10.0. The summed E-state index contributed by atoms with van der Waals surface area (Å²) in [4.78, 5) is 20.0. The molecule has 2 atom stereocenters. The van der Waals surface area contributed by atoms with Crippen LogP contribution in [0.3, 0.4) is 0 Å². The number of aromatic nitrogens is 3. The molecule has 4 rings (SSSR count). The fraction of sp³-hybridized carbons (Fsp3) is 0.667. The van der Waals surface area contributed by atoms with Crippen molar-refractivity contribution in [1.82, 2.24) is 19.5 Å². The summed E-state index contributed by atoms with van der Waals surface area (Å²) in [5.41, 5.74) is 5.07. The predicted molar refractivity (Wildman–Crippen MR) is 112 cm³/mol. The van der Waals surface area contributed by atoms with Crippen LogP contribution in [0.2, 0.25) is 0 Å². The Morgan fingerprint density at radius 3 is 2.93 bits per heavy atom. The number of fused-ring (bicyclic) bond motifs is 1. The molecule has 0 bridgehead atoms. The molecule has 2 aliphatic heterocycles. The van der Waals surface area contributed by atoms with E-state index < -0.39 is 0 Å². The van der Waals surface area contributed by atoms with Gasteiger partial charge in [0.1, 0.15) is 0 Å². The molecule has 152 valence electrons. The zero-order valence-corrected chi connectivity index (χ0v) is 17.9. The number of rotatable bonds is 6. The zero-order chi connectivity index (χ0) is 19.7. The highest BCUT2D eigenvalue weighted by molar-refractivity contribution is 7.99. The normalized spacial score (nSPS) is 22.2. The highest BCUT2D eigenvalue weighted by atomic mass is 32.2. The van der Waals surface area contributed by atoms with Gasteiger partial charge in [0, 0.05) is 48.8 Å². The van der Waals surface area contributed by atoms with Gasteiger partial charge < -0.3 is 9.64 Å². The second-order valence-electron chi connectivity index (χ2n) is 8.02. The molecule has 7 heteroatoms. The maximum atomic E-state index is 13.2. The van der Waals surface area contributed by atoms with Gasteiger partial charge in [-0.3, -0.25) is 4.79 Å². The molecule has 28 heavy (non-hydrogen) atoms. The molecule has 2 saturated heterocycles. The average Bonchev–Trinajstić information content (AvgIpc) is 3.41.